The maximum absolute atomic E-state index is 9.28. The Morgan fingerprint density at radius 1 is 1.50 bits per heavy atom. The van der Waals surface area contributed by atoms with E-state index in [1.165, 1.54) is 6.07 Å². The van der Waals surface area contributed by atoms with Crippen LogP contribution in [-0.4, -0.2) is 10.2 Å². The van der Waals surface area contributed by atoms with Crippen molar-refractivity contribution >= 4 is 28.7 Å². The molecule has 0 saturated carbocycles. The molecule has 0 heterocycles. The van der Waals surface area contributed by atoms with Crippen molar-refractivity contribution in [2.24, 2.45) is 5.73 Å². The highest BCUT2D eigenvalue weighted by atomic mass is 32.1. The number of aromatic hydroxyl groups is 1. The minimum atomic E-state index is 0.0304. The Morgan fingerprint density at radius 2 is 2.17 bits per heavy atom. The zero-order valence-electron chi connectivity index (χ0n) is 6.24. The Morgan fingerprint density at radius 3 is 2.67 bits per heavy atom. The number of phenols is 1. The van der Waals surface area contributed by atoms with Gasteiger partial charge >= 0.3 is 0 Å². The Balaban J connectivity index is 2.93. The Hall–Kier alpha value is -1.49. The van der Waals surface area contributed by atoms with Crippen molar-refractivity contribution in [1.82, 2.24) is 0 Å². The molecule has 0 bridgehead atoms. The molecule has 0 aromatic heterocycles. The third-order valence-electron chi connectivity index (χ3n) is 1.28. The molecule has 0 aliphatic heterocycles. The van der Waals surface area contributed by atoms with Crippen LogP contribution in [0.25, 0.3) is 0 Å². The van der Waals surface area contributed by atoms with Crippen molar-refractivity contribution in [2.45, 2.75) is 0 Å². The summed E-state index contributed by atoms with van der Waals surface area (Å²) in [7, 11) is 0. The summed E-state index contributed by atoms with van der Waals surface area (Å²) in [5.41, 5.74) is 11.6. The van der Waals surface area contributed by atoms with Crippen LogP contribution in [-0.2, 0) is 0 Å². The standard InChI is InChI=1S/C7H9N3OS/c8-4-1-2-5(6(11)3-4)10-7(9)12/h1-3,11H,8H2,(H3,9,10,12). The van der Waals surface area contributed by atoms with Gasteiger partial charge in [-0.05, 0) is 24.4 Å². The van der Waals surface area contributed by atoms with E-state index in [9.17, 15) is 5.11 Å². The van der Waals surface area contributed by atoms with Crippen molar-refractivity contribution in [3.8, 4) is 5.75 Å². The molecule has 0 unspecified atom stereocenters. The lowest BCUT2D eigenvalue weighted by Gasteiger charge is -2.05. The predicted molar refractivity (Wildman–Crippen MR) is 52.9 cm³/mol. The van der Waals surface area contributed by atoms with Gasteiger partial charge in [0.25, 0.3) is 0 Å². The molecular weight excluding hydrogens is 174 g/mol. The second-order valence-corrected chi connectivity index (χ2v) is 2.71. The third-order valence-corrected chi connectivity index (χ3v) is 1.38. The molecule has 12 heavy (non-hydrogen) atoms. The molecule has 0 saturated heterocycles. The number of thiocarbonyl (C=S) groups is 1. The minimum Gasteiger partial charge on any atom is -0.506 e. The fraction of sp³-hybridized carbons (Fsp3) is 0. The van der Waals surface area contributed by atoms with Crippen LogP contribution in [0.3, 0.4) is 0 Å². The maximum Gasteiger partial charge on any atom is 0.168 e. The van der Waals surface area contributed by atoms with E-state index in [0.29, 0.717) is 11.4 Å². The highest BCUT2D eigenvalue weighted by molar-refractivity contribution is 7.80. The molecule has 0 spiro atoms. The van der Waals surface area contributed by atoms with E-state index in [1.54, 1.807) is 12.1 Å². The smallest absolute Gasteiger partial charge is 0.168 e. The average Bonchev–Trinajstić information content (AvgIpc) is 1.94. The van der Waals surface area contributed by atoms with Gasteiger partial charge in [0.1, 0.15) is 5.75 Å². The van der Waals surface area contributed by atoms with Crippen LogP contribution < -0.4 is 16.8 Å². The zero-order chi connectivity index (χ0) is 9.14. The van der Waals surface area contributed by atoms with Crippen LogP contribution in [0.5, 0.6) is 5.75 Å². The molecule has 64 valence electrons. The topological polar surface area (TPSA) is 84.3 Å². The zero-order valence-corrected chi connectivity index (χ0v) is 7.06. The maximum atomic E-state index is 9.28. The largest absolute Gasteiger partial charge is 0.506 e. The third kappa shape index (κ3) is 2.00. The Kier molecular flexibility index (Phi) is 2.35. The molecule has 0 atom stereocenters. The van der Waals surface area contributed by atoms with Crippen LogP contribution in [0.2, 0.25) is 0 Å². The fourth-order valence-electron chi connectivity index (χ4n) is 0.787. The van der Waals surface area contributed by atoms with Crippen LogP contribution in [0.4, 0.5) is 11.4 Å². The summed E-state index contributed by atoms with van der Waals surface area (Å²) in [5.74, 6) is 0.0304. The van der Waals surface area contributed by atoms with Gasteiger partial charge in [-0.3, -0.25) is 0 Å². The molecule has 0 amide bonds. The van der Waals surface area contributed by atoms with Gasteiger partial charge in [0.05, 0.1) is 5.69 Å². The normalized spacial score (nSPS) is 9.33. The van der Waals surface area contributed by atoms with E-state index in [0.717, 1.165) is 0 Å². The number of benzene rings is 1. The van der Waals surface area contributed by atoms with Crippen molar-refractivity contribution in [2.75, 3.05) is 11.1 Å². The molecule has 0 radical (unpaired) electrons. The van der Waals surface area contributed by atoms with Crippen molar-refractivity contribution in [3.63, 3.8) is 0 Å². The number of nitrogens with one attached hydrogen (secondary N) is 1. The Labute approximate surface area is 75.2 Å². The molecule has 0 aliphatic carbocycles. The number of nitrogen functional groups attached to an aromatic ring is 1. The number of hydrogen-bond acceptors (Lipinski definition) is 3. The van der Waals surface area contributed by atoms with Gasteiger partial charge in [-0.15, -0.1) is 0 Å². The first-order valence-corrected chi connectivity index (χ1v) is 3.65. The average molecular weight is 183 g/mol. The van der Waals surface area contributed by atoms with Gasteiger partial charge in [0, 0.05) is 11.8 Å². The number of anilines is 2. The summed E-state index contributed by atoms with van der Waals surface area (Å²) in [6.07, 6.45) is 0. The van der Waals surface area contributed by atoms with Gasteiger partial charge < -0.3 is 21.9 Å². The van der Waals surface area contributed by atoms with Crippen LogP contribution >= 0.6 is 12.2 Å². The van der Waals surface area contributed by atoms with Gasteiger partial charge in [0.15, 0.2) is 5.11 Å². The summed E-state index contributed by atoms with van der Waals surface area (Å²) in [5, 5.41) is 12.0. The fourth-order valence-corrected chi connectivity index (χ4v) is 0.897. The molecule has 6 N–H and O–H groups in total. The van der Waals surface area contributed by atoms with E-state index in [4.69, 9.17) is 11.5 Å². The highest BCUT2D eigenvalue weighted by Crippen LogP contribution is 2.24. The van der Waals surface area contributed by atoms with Gasteiger partial charge in [0.2, 0.25) is 0 Å². The second-order valence-electron chi connectivity index (χ2n) is 2.27. The first-order chi connectivity index (χ1) is 5.59. The summed E-state index contributed by atoms with van der Waals surface area (Å²) in [6, 6.07) is 4.66. The van der Waals surface area contributed by atoms with E-state index < -0.39 is 0 Å². The minimum absolute atomic E-state index is 0.0304. The van der Waals surface area contributed by atoms with E-state index in [-0.39, 0.29) is 10.9 Å². The number of phenolic OH excluding ortho intramolecular Hbond substituents is 1. The molecule has 1 aromatic carbocycles. The first-order valence-electron chi connectivity index (χ1n) is 3.24. The van der Waals surface area contributed by atoms with Gasteiger partial charge in [-0.1, -0.05) is 0 Å². The van der Waals surface area contributed by atoms with Crippen molar-refractivity contribution < 1.29 is 5.11 Å². The first kappa shape index (κ1) is 8.61. The summed E-state index contributed by atoms with van der Waals surface area (Å²) in [4.78, 5) is 0. The van der Waals surface area contributed by atoms with Crippen molar-refractivity contribution in [1.29, 1.82) is 0 Å². The Bertz CT molecular complexity index is 314. The van der Waals surface area contributed by atoms with E-state index >= 15 is 0 Å². The van der Waals surface area contributed by atoms with Gasteiger partial charge in [-0.2, -0.15) is 0 Å². The second kappa shape index (κ2) is 3.27. The molecular formula is C7H9N3OS. The molecule has 0 fully saturated rings. The number of rotatable bonds is 1. The van der Waals surface area contributed by atoms with E-state index in [1.807, 2.05) is 0 Å². The van der Waals surface area contributed by atoms with Crippen LogP contribution in [0, 0.1) is 0 Å². The SMILES string of the molecule is NC(=S)Nc1ccc(N)cc1O. The highest BCUT2D eigenvalue weighted by Gasteiger charge is 2.00. The lowest BCUT2D eigenvalue weighted by atomic mass is 10.2. The number of hydrogen-bond donors (Lipinski definition) is 4. The molecule has 1 rings (SSSR count). The summed E-state index contributed by atoms with van der Waals surface area (Å²) in [6.45, 7) is 0. The van der Waals surface area contributed by atoms with Gasteiger partial charge in [-0.25, -0.2) is 0 Å². The monoisotopic (exact) mass is 183 g/mol. The van der Waals surface area contributed by atoms with Crippen LogP contribution in [0.15, 0.2) is 18.2 Å². The molecule has 0 aliphatic rings. The van der Waals surface area contributed by atoms with Crippen LogP contribution in [0.1, 0.15) is 0 Å². The predicted octanol–water partition coefficient (Wildman–Crippen LogP) is 0.630. The molecule has 4 nitrogen and oxygen atoms in total. The van der Waals surface area contributed by atoms with E-state index in [2.05, 4.69) is 17.5 Å². The molecule has 1 aromatic rings. The lowest BCUT2D eigenvalue weighted by Crippen LogP contribution is -2.18. The lowest BCUT2D eigenvalue weighted by molar-refractivity contribution is 0.478. The summed E-state index contributed by atoms with van der Waals surface area (Å²) >= 11 is 4.59. The number of nitrogens with two attached hydrogens (primary N) is 2. The summed E-state index contributed by atoms with van der Waals surface area (Å²) < 4.78 is 0. The molecule has 5 heteroatoms. The quantitative estimate of drug-likeness (QED) is 0.291. The van der Waals surface area contributed by atoms with Crippen molar-refractivity contribution in [3.05, 3.63) is 18.2 Å².